The van der Waals surface area contributed by atoms with E-state index in [0.717, 1.165) is 5.56 Å². The Labute approximate surface area is 99.3 Å². The molecule has 1 heterocycles. The zero-order valence-electron chi connectivity index (χ0n) is 9.20. The number of benzene rings is 1. The number of hydrogen-bond donors (Lipinski definition) is 0. The van der Waals surface area contributed by atoms with Gasteiger partial charge in [0.1, 0.15) is 5.75 Å². The predicted molar refractivity (Wildman–Crippen MR) is 60.8 cm³/mol. The summed E-state index contributed by atoms with van der Waals surface area (Å²) in [7, 11) is 0. The van der Waals surface area contributed by atoms with E-state index in [1.54, 1.807) is 12.1 Å². The molecule has 16 heavy (non-hydrogen) atoms. The Morgan fingerprint density at radius 3 is 3.00 bits per heavy atom. The normalized spacial score (nSPS) is 18.1. The Balaban J connectivity index is 2.08. The molecule has 0 saturated heterocycles. The van der Waals surface area contributed by atoms with Crippen LogP contribution < -0.4 is 4.74 Å². The molecule has 1 aromatic rings. The molecule has 0 N–H and O–H groups in total. The summed E-state index contributed by atoms with van der Waals surface area (Å²) in [6.07, 6.45) is -0.0998. The molecule has 1 atom stereocenters. The number of halogens is 1. The van der Waals surface area contributed by atoms with E-state index in [0.29, 0.717) is 17.2 Å². The molecular weight excluding hydrogens is 228 g/mol. The second-order valence-corrected chi connectivity index (χ2v) is 4.48. The molecule has 0 aliphatic carbocycles. The molecule has 4 heteroatoms. The van der Waals surface area contributed by atoms with Crippen LogP contribution in [0.25, 0.3) is 0 Å². The highest BCUT2D eigenvalue weighted by molar-refractivity contribution is 6.30. The van der Waals surface area contributed by atoms with Crippen molar-refractivity contribution in [2.45, 2.75) is 32.5 Å². The van der Waals surface area contributed by atoms with Crippen LogP contribution in [-0.2, 0) is 16.0 Å². The number of carbonyl (C=O) groups excluding carboxylic acids is 1. The first-order valence-electron chi connectivity index (χ1n) is 5.22. The Kier molecular flexibility index (Phi) is 3.06. The number of hydrogen-bond acceptors (Lipinski definition) is 3. The molecule has 0 amide bonds. The van der Waals surface area contributed by atoms with Crippen molar-refractivity contribution in [1.29, 1.82) is 0 Å². The van der Waals surface area contributed by atoms with Crippen LogP contribution in [-0.4, -0.2) is 18.2 Å². The van der Waals surface area contributed by atoms with E-state index in [4.69, 9.17) is 21.1 Å². The summed E-state index contributed by atoms with van der Waals surface area (Å²) in [5, 5.41) is 0.608. The van der Waals surface area contributed by atoms with Gasteiger partial charge in [-0.15, -0.1) is 0 Å². The van der Waals surface area contributed by atoms with Gasteiger partial charge in [-0.25, -0.2) is 4.79 Å². The lowest BCUT2D eigenvalue weighted by Gasteiger charge is -2.12. The fourth-order valence-electron chi connectivity index (χ4n) is 1.64. The second-order valence-electron chi connectivity index (χ2n) is 4.05. The van der Waals surface area contributed by atoms with Gasteiger partial charge >= 0.3 is 5.97 Å². The van der Waals surface area contributed by atoms with Crippen molar-refractivity contribution in [3.05, 3.63) is 28.8 Å². The summed E-state index contributed by atoms with van der Waals surface area (Å²) in [6, 6.07) is 5.39. The molecule has 0 spiro atoms. The topological polar surface area (TPSA) is 35.5 Å². The van der Waals surface area contributed by atoms with E-state index < -0.39 is 6.10 Å². The average molecular weight is 241 g/mol. The average Bonchev–Trinajstić information content (AvgIpc) is 2.59. The number of esters is 1. The fraction of sp³-hybridized carbons (Fsp3) is 0.417. The van der Waals surface area contributed by atoms with E-state index in [2.05, 4.69) is 0 Å². The molecule has 1 aliphatic rings. The van der Waals surface area contributed by atoms with Crippen molar-refractivity contribution in [3.63, 3.8) is 0 Å². The largest absolute Gasteiger partial charge is 0.478 e. The first-order valence-corrected chi connectivity index (χ1v) is 5.59. The summed E-state index contributed by atoms with van der Waals surface area (Å²) in [4.78, 5) is 11.6. The maximum atomic E-state index is 11.6. The van der Waals surface area contributed by atoms with Gasteiger partial charge in [-0.1, -0.05) is 17.7 Å². The molecule has 0 radical (unpaired) electrons. The van der Waals surface area contributed by atoms with Gasteiger partial charge in [-0.05, 0) is 31.5 Å². The second kappa shape index (κ2) is 4.34. The maximum Gasteiger partial charge on any atom is 0.347 e. The third-order valence-electron chi connectivity index (χ3n) is 2.32. The SMILES string of the molecule is CC(C)OC(=O)C1Cc2ccc(Cl)cc2O1. The summed E-state index contributed by atoms with van der Waals surface area (Å²) < 4.78 is 10.6. The molecule has 2 rings (SSSR count). The van der Waals surface area contributed by atoms with Crippen molar-refractivity contribution in [1.82, 2.24) is 0 Å². The van der Waals surface area contributed by atoms with Crippen LogP contribution in [0.5, 0.6) is 5.75 Å². The lowest BCUT2D eigenvalue weighted by atomic mass is 10.1. The zero-order valence-corrected chi connectivity index (χ0v) is 9.95. The van der Waals surface area contributed by atoms with Crippen molar-refractivity contribution < 1.29 is 14.3 Å². The predicted octanol–water partition coefficient (Wildman–Crippen LogP) is 2.60. The van der Waals surface area contributed by atoms with Crippen LogP contribution >= 0.6 is 11.6 Å². The third-order valence-corrected chi connectivity index (χ3v) is 2.55. The van der Waals surface area contributed by atoms with Crippen LogP contribution in [0, 0.1) is 0 Å². The quantitative estimate of drug-likeness (QED) is 0.746. The Morgan fingerprint density at radius 1 is 1.56 bits per heavy atom. The van der Waals surface area contributed by atoms with E-state index in [-0.39, 0.29) is 12.1 Å². The molecule has 0 saturated carbocycles. The minimum Gasteiger partial charge on any atom is -0.478 e. The van der Waals surface area contributed by atoms with Crippen molar-refractivity contribution in [2.24, 2.45) is 0 Å². The van der Waals surface area contributed by atoms with Gasteiger partial charge in [0.25, 0.3) is 0 Å². The van der Waals surface area contributed by atoms with Crippen molar-refractivity contribution >= 4 is 17.6 Å². The Hall–Kier alpha value is -1.22. The van der Waals surface area contributed by atoms with E-state index in [1.807, 2.05) is 19.9 Å². The summed E-state index contributed by atoms with van der Waals surface area (Å²) >= 11 is 5.84. The fourth-order valence-corrected chi connectivity index (χ4v) is 1.80. The van der Waals surface area contributed by atoms with Crippen LogP contribution in [0.3, 0.4) is 0 Å². The van der Waals surface area contributed by atoms with Gasteiger partial charge in [-0.3, -0.25) is 0 Å². The molecule has 1 aliphatic heterocycles. The summed E-state index contributed by atoms with van der Waals surface area (Å²) in [5.41, 5.74) is 0.995. The smallest absolute Gasteiger partial charge is 0.347 e. The van der Waals surface area contributed by atoms with Gasteiger partial charge in [0, 0.05) is 11.4 Å². The standard InChI is InChI=1S/C12H13ClO3/c1-7(2)15-12(14)11-5-8-3-4-9(13)6-10(8)16-11/h3-4,6-7,11H,5H2,1-2H3. The van der Waals surface area contributed by atoms with Gasteiger partial charge < -0.3 is 9.47 Å². The third kappa shape index (κ3) is 2.30. The van der Waals surface area contributed by atoms with Gasteiger partial charge in [0.15, 0.2) is 6.10 Å². The lowest BCUT2D eigenvalue weighted by Crippen LogP contribution is -2.29. The summed E-state index contributed by atoms with van der Waals surface area (Å²) in [5.74, 6) is 0.362. The highest BCUT2D eigenvalue weighted by atomic mass is 35.5. The molecule has 1 unspecified atom stereocenters. The minimum absolute atomic E-state index is 0.122. The molecule has 0 bridgehead atoms. The van der Waals surface area contributed by atoms with Gasteiger partial charge in [-0.2, -0.15) is 0 Å². The Morgan fingerprint density at radius 2 is 2.31 bits per heavy atom. The lowest BCUT2D eigenvalue weighted by molar-refractivity contribution is -0.154. The van der Waals surface area contributed by atoms with E-state index >= 15 is 0 Å². The van der Waals surface area contributed by atoms with E-state index in [1.165, 1.54) is 0 Å². The van der Waals surface area contributed by atoms with Gasteiger partial charge in [0.05, 0.1) is 6.10 Å². The Bertz CT molecular complexity index is 415. The van der Waals surface area contributed by atoms with Crippen LogP contribution in [0.4, 0.5) is 0 Å². The highest BCUT2D eigenvalue weighted by Gasteiger charge is 2.30. The minimum atomic E-state index is -0.532. The monoisotopic (exact) mass is 240 g/mol. The van der Waals surface area contributed by atoms with Crippen LogP contribution in [0.2, 0.25) is 5.02 Å². The van der Waals surface area contributed by atoms with Crippen molar-refractivity contribution in [2.75, 3.05) is 0 Å². The van der Waals surface area contributed by atoms with Crippen molar-refractivity contribution in [3.8, 4) is 5.75 Å². The number of carbonyl (C=O) groups is 1. The van der Waals surface area contributed by atoms with Gasteiger partial charge in [0.2, 0.25) is 0 Å². The van der Waals surface area contributed by atoms with Crippen LogP contribution in [0.1, 0.15) is 19.4 Å². The summed E-state index contributed by atoms with van der Waals surface area (Å²) in [6.45, 7) is 3.63. The molecule has 0 fully saturated rings. The molecule has 86 valence electrons. The first kappa shape index (κ1) is 11.3. The molecular formula is C12H13ClO3. The molecule has 3 nitrogen and oxygen atoms in total. The molecule has 0 aromatic heterocycles. The maximum absolute atomic E-state index is 11.6. The molecule has 1 aromatic carbocycles. The van der Waals surface area contributed by atoms with Crippen LogP contribution in [0.15, 0.2) is 18.2 Å². The number of rotatable bonds is 2. The number of ether oxygens (including phenoxy) is 2. The highest BCUT2D eigenvalue weighted by Crippen LogP contribution is 2.31. The first-order chi connectivity index (χ1) is 7.56. The van der Waals surface area contributed by atoms with E-state index in [9.17, 15) is 4.79 Å². The zero-order chi connectivity index (χ0) is 11.7. The number of fused-ring (bicyclic) bond motifs is 1.